The molecule has 0 saturated heterocycles. The van der Waals surface area contributed by atoms with Crippen LogP contribution >= 0.6 is 11.6 Å². The molecule has 0 spiro atoms. The Kier molecular flexibility index (Phi) is 3.47. The monoisotopic (exact) mass is 225 g/mol. The Morgan fingerprint density at radius 2 is 1.53 bits per heavy atom. The third-order valence-corrected chi connectivity index (χ3v) is 2.95. The van der Waals surface area contributed by atoms with Gasteiger partial charge in [-0.25, -0.2) is 0 Å². The minimum atomic E-state index is -0.404. The molecule has 84 valence electrons. The standard InChI is InChI=1S/C13H20ClN/c1-8-6-10(13(3,4)5)7-9(2)11(8)12(14)15/h6-7,12H,15H2,1-5H3. The fourth-order valence-corrected chi connectivity index (χ4v) is 2.19. The molecule has 0 aliphatic carbocycles. The van der Waals surface area contributed by atoms with Gasteiger partial charge in [0.1, 0.15) is 5.50 Å². The van der Waals surface area contributed by atoms with E-state index in [1.807, 2.05) is 0 Å². The molecule has 1 aromatic rings. The van der Waals surface area contributed by atoms with Crippen LogP contribution in [0.4, 0.5) is 0 Å². The largest absolute Gasteiger partial charge is 0.312 e. The number of benzene rings is 1. The zero-order chi connectivity index (χ0) is 11.8. The maximum atomic E-state index is 5.96. The van der Waals surface area contributed by atoms with Gasteiger partial charge in [-0.05, 0) is 41.5 Å². The van der Waals surface area contributed by atoms with Crippen LogP contribution in [0.1, 0.15) is 48.5 Å². The van der Waals surface area contributed by atoms with Crippen molar-refractivity contribution in [3.63, 3.8) is 0 Å². The summed E-state index contributed by atoms with van der Waals surface area (Å²) in [5, 5.41) is 0. The van der Waals surface area contributed by atoms with E-state index in [4.69, 9.17) is 17.3 Å². The fraction of sp³-hybridized carbons (Fsp3) is 0.538. The van der Waals surface area contributed by atoms with Crippen molar-refractivity contribution in [2.45, 2.75) is 45.5 Å². The average Bonchev–Trinajstić information content (AvgIpc) is 1.99. The second-order valence-corrected chi connectivity index (χ2v) is 5.65. The van der Waals surface area contributed by atoms with Crippen LogP contribution in [0.5, 0.6) is 0 Å². The zero-order valence-corrected chi connectivity index (χ0v) is 10.9. The maximum absolute atomic E-state index is 5.96. The molecule has 0 fully saturated rings. The number of halogens is 1. The first-order valence-electron chi connectivity index (χ1n) is 5.24. The van der Waals surface area contributed by atoms with E-state index < -0.39 is 5.50 Å². The third-order valence-electron chi connectivity index (χ3n) is 2.74. The van der Waals surface area contributed by atoms with E-state index in [9.17, 15) is 0 Å². The molecular formula is C13H20ClN. The SMILES string of the molecule is Cc1cc(C(C)(C)C)cc(C)c1C(N)Cl. The maximum Gasteiger partial charge on any atom is 0.106 e. The molecule has 1 atom stereocenters. The number of alkyl halides is 1. The fourth-order valence-electron chi connectivity index (χ4n) is 1.84. The van der Waals surface area contributed by atoms with Crippen LogP contribution in [-0.4, -0.2) is 0 Å². The molecule has 0 radical (unpaired) electrons. The number of hydrogen-bond acceptors (Lipinski definition) is 1. The van der Waals surface area contributed by atoms with E-state index in [2.05, 4.69) is 46.8 Å². The number of rotatable bonds is 1. The van der Waals surface area contributed by atoms with Gasteiger partial charge in [0, 0.05) is 0 Å². The van der Waals surface area contributed by atoms with Crippen molar-refractivity contribution in [2.75, 3.05) is 0 Å². The van der Waals surface area contributed by atoms with Crippen molar-refractivity contribution in [1.29, 1.82) is 0 Å². The summed E-state index contributed by atoms with van der Waals surface area (Å²) in [6.07, 6.45) is 0. The lowest BCUT2D eigenvalue weighted by Gasteiger charge is -2.23. The predicted molar refractivity (Wildman–Crippen MR) is 67.4 cm³/mol. The van der Waals surface area contributed by atoms with E-state index in [1.54, 1.807) is 0 Å². The van der Waals surface area contributed by atoms with Crippen molar-refractivity contribution in [1.82, 2.24) is 0 Å². The summed E-state index contributed by atoms with van der Waals surface area (Å²) in [5.41, 5.74) is 10.3. The molecule has 0 bridgehead atoms. The van der Waals surface area contributed by atoms with Crippen molar-refractivity contribution in [3.8, 4) is 0 Å². The van der Waals surface area contributed by atoms with Gasteiger partial charge in [-0.2, -0.15) is 0 Å². The van der Waals surface area contributed by atoms with Crippen LogP contribution in [0.25, 0.3) is 0 Å². The second kappa shape index (κ2) is 4.15. The molecule has 0 aromatic heterocycles. The molecule has 1 nitrogen and oxygen atoms in total. The highest BCUT2D eigenvalue weighted by molar-refractivity contribution is 6.20. The third kappa shape index (κ3) is 2.73. The molecule has 2 N–H and O–H groups in total. The van der Waals surface area contributed by atoms with Gasteiger partial charge in [-0.15, -0.1) is 11.6 Å². The van der Waals surface area contributed by atoms with Crippen LogP contribution in [0.2, 0.25) is 0 Å². The van der Waals surface area contributed by atoms with Gasteiger partial charge < -0.3 is 5.73 Å². The molecule has 1 rings (SSSR count). The van der Waals surface area contributed by atoms with Crippen molar-refractivity contribution >= 4 is 11.6 Å². The summed E-state index contributed by atoms with van der Waals surface area (Å²) in [4.78, 5) is 0. The first-order valence-corrected chi connectivity index (χ1v) is 5.68. The molecular weight excluding hydrogens is 206 g/mol. The molecule has 0 aliphatic heterocycles. The van der Waals surface area contributed by atoms with E-state index in [0.29, 0.717) is 0 Å². The molecule has 1 unspecified atom stereocenters. The second-order valence-electron chi connectivity index (χ2n) is 5.18. The predicted octanol–water partition coefficient (Wildman–Crippen LogP) is 3.80. The Morgan fingerprint density at radius 3 is 1.80 bits per heavy atom. The highest BCUT2D eigenvalue weighted by Crippen LogP contribution is 2.30. The Bertz CT molecular complexity index is 338. The summed E-state index contributed by atoms with van der Waals surface area (Å²) >= 11 is 5.96. The van der Waals surface area contributed by atoms with Crippen molar-refractivity contribution in [3.05, 3.63) is 34.4 Å². The average molecular weight is 226 g/mol. The lowest BCUT2D eigenvalue weighted by atomic mass is 9.84. The van der Waals surface area contributed by atoms with E-state index in [0.717, 1.165) is 5.56 Å². The summed E-state index contributed by atoms with van der Waals surface area (Å²) in [7, 11) is 0. The van der Waals surface area contributed by atoms with E-state index >= 15 is 0 Å². The molecule has 1 aromatic carbocycles. The smallest absolute Gasteiger partial charge is 0.106 e. The highest BCUT2D eigenvalue weighted by atomic mass is 35.5. The first-order chi connectivity index (χ1) is 6.73. The van der Waals surface area contributed by atoms with Crippen LogP contribution < -0.4 is 5.73 Å². The van der Waals surface area contributed by atoms with E-state index in [-0.39, 0.29) is 5.41 Å². The van der Waals surface area contributed by atoms with E-state index in [1.165, 1.54) is 16.7 Å². The van der Waals surface area contributed by atoms with Crippen molar-refractivity contribution < 1.29 is 0 Å². The lowest BCUT2D eigenvalue weighted by Crippen LogP contribution is -2.14. The van der Waals surface area contributed by atoms with Gasteiger partial charge in [0.25, 0.3) is 0 Å². The minimum absolute atomic E-state index is 0.171. The summed E-state index contributed by atoms with van der Waals surface area (Å²) in [6.45, 7) is 10.8. The summed E-state index contributed by atoms with van der Waals surface area (Å²) < 4.78 is 0. The Balaban J connectivity index is 3.32. The quantitative estimate of drug-likeness (QED) is 0.571. The zero-order valence-electron chi connectivity index (χ0n) is 10.2. The molecule has 0 aliphatic rings. The molecule has 15 heavy (non-hydrogen) atoms. The number of aryl methyl sites for hydroxylation is 2. The Morgan fingerprint density at radius 1 is 1.13 bits per heavy atom. The highest BCUT2D eigenvalue weighted by Gasteiger charge is 2.17. The van der Waals surface area contributed by atoms with Crippen LogP contribution in [-0.2, 0) is 5.41 Å². The molecule has 0 saturated carbocycles. The van der Waals surface area contributed by atoms with Gasteiger partial charge in [-0.3, -0.25) is 0 Å². The summed E-state index contributed by atoms with van der Waals surface area (Å²) in [5.74, 6) is 0. The number of hydrogen-bond donors (Lipinski definition) is 1. The normalized spacial score (nSPS) is 14.1. The van der Waals surface area contributed by atoms with Gasteiger partial charge in [0.15, 0.2) is 0 Å². The van der Waals surface area contributed by atoms with Crippen LogP contribution in [0, 0.1) is 13.8 Å². The van der Waals surface area contributed by atoms with Gasteiger partial charge in [-0.1, -0.05) is 32.9 Å². The van der Waals surface area contributed by atoms with Crippen LogP contribution in [0.3, 0.4) is 0 Å². The Labute approximate surface area is 97.6 Å². The van der Waals surface area contributed by atoms with Gasteiger partial charge >= 0.3 is 0 Å². The molecule has 0 heterocycles. The Hall–Kier alpha value is -0.530. The topological polar surface area (TPSA) is 26.0 Å². The molecule has 0 amide bonds. The minimum Gasteiger partial charge on any atom is -0.312 e. The van der Waals surface area contributed by atoms with Crippen molar-refractivity contribution in [2.24, 2.45) is 5.73 Å². The molecule has 2 heteroatoms. The van der Waals surface area contributed by atoms with Crippen LogP contribution in [0.15, 0.2) is 12.1 Å². The lowest BCUT2D eigenvalue weighted by molar-refractivity contribution is 0.588. The van der Waals surface area contributed by atoms with Gasteiger partial charge in [0.2, 0.25) is 0 Å². The number of nitrogens with two attached hydrogens (primary N) is 1. The van der Waals surface area contributed by atoms with Gasteiger partial charge in [0.05, 0.1) is 0 Å². The first kappa shape index (κ1) is 12.5. The summed E-state index contributed by atoms with van der Waals surface area (Å²) in [6, 6.07) is 4.37.